The molecule has 3 heterocycles. The van der Waals surface area contributed by atoms with Crippen LogP contribution >= 0.6 is 11.8 Å². The minimum absolute atomic E-state index is 0.227. The van der Waals surface area contributed by atoms with E-state index in [9.17, 15) is 9.59 Å². The van der Waals surface area contributed by atoms with Gasteiger partial charge in [0.2, 0.25) is 0 Å². The first-order chi connectivity index (χ1) is 16.6. The van der Waals surface area contributed by atoms with Crippen LogP contribution in [0.3, 0.4) is 0 Å². The predicted octanol–water partition coefficient (Wildman–Crippen LogP) is 4.37. The molecule has 0 atom stereocenters. The van der Waals surface area contributed by atoms with Gasteiger partial charge < -0.3 is 9.47 Å². The van der Waals surface area contributed by atoms with Gasteiger partial charge in [0.15, 0.2) is 0 Å². The molecular weight excluding hydrogens is 446 g/mol. The molecule has 0 spiro atoms. The van der Waals surface area contributed by atoms with E-state index in [-0.39, 0.29) is 11.1 Å². The number of thioether (sulfide) groups is 1. The van der Waals surface area contributed by atoms with Gasteiger partial charge in [0, 0.05) is 61.1 Å². The fourth-order valence-electron chi connectivity index (χ4n) is 4.50. The number of rotatable bonds is 6. The molecule has 172 valence electrons. The highest BCUT2D eigenvalue weighted by Crippen LogP contribution is 2.34. The normalized spacial score (nSPS) is 18.3. The largest absolute Gasteiger partial charge is 0.369 e. The Kier molecular flexibility index (Phi) is 6.39. The molecular formula is C26H25N5O2S. The Morgan fingerprint density at radius 2 is 1.71 bits per heavy atom. The van der Waals surface area contributed by atoms with Crippen LogP contribution < -0.4 is 4.90 Å². The summed E-state index contributed by atoms with van der Waals surface area (Å²) >= 11 is 0.998. The molecule has 2 aromatic carbocycles. The van der Waals surface area contributed by atoms with Gasteiger partial charge in [-0.15, -0.1) is 0 Å². The van der Waals surface area contributed by atoms with E-state index in [4.69, 9.17) is 5.26 Å². The number of fused-ring (bicyclic) bond motifs is 1. The number of aryl methyl sites for hydroxylation is 1. The number of aromatic nitrogens is 1. The lowest BCUT2D eigenvalue weighted by Gasteiger charge is -2.37. The molecule has 2 saturated heterocycles. The highest BCUT2D eigenvalue weighted by molar-refractivity contribution is 8.18. The maximum absolute atomic E-state index is 13.1. The summed E-state index contributed by atoms with van der Waals surface area (Å²) in [5, 5.41) is 9.74. The lowest BCUT2D eigenvalue weighted by molar-refractivity contribution is -0.124. The van der Waals surface area contributed by atoms with Crippen molar-refractivity contribution in [3.8, 4) is 6.07 Å². The Labute approximate surface area is 202 Å². The maximum Gasteiger partial charge on any atom is 0.294 e. The number of anilines is 1. The van der Waals surface area contributed by atoms with E-state index >= 15 is 0 Å². The lowest BCUT2D eigenvalue weighted by atomic mass is 10.1. The molecule has 3 aromatic rings. The molecule has 0 bridgehead atoms. The molecule has 2 aliphatic rings. The summed E-state index contributed by atoms with van der Waals surface area (Å²) in [4.78, 5) is 32.1. The molecule has 34 heavy (non-hydrogen) atoms. The fourth-order valence-corrected chi connectivity index (χ4v) is 5.32. The van der Waals surface area contributed by atoms with Crippen molar-refractivity contribution in [1.82, 2.24) is 14.4 Å². The Balaban J connectivity index is 1.28. The number of hydrogen-bond donors (Lipinski definition) is 0. The first-order valence-corrected chi connectivity index (χ1v) is 12.2. The van der Waals surface area contributed by atoms with E-state index in [0.717, 1.165) is 54.4 Å². The van der Waals surface area contributed by atoms with Crippen molar-refractivity contribution in [2.45, 2.75) is 13.0 Å². The number of nitriles is 1. The Hall–Kier alpha value is -3.54. The van der Waals surface area contributed by atoms with Crippen molar-refractivity contribution in [1.29, 1.82) is 5.26 Å². The Morgan fingerprint density at radius 1 is 0.971 bits per heavy atom. The summed E-state index contributed by atoms with van der Waals surface area (Å²) in [6.45, 7) is 4.20. The second-order valence-electron chi connectivity index (χ2n) is 8.39. The second kappa shape index (κ2) is 9.75. The monoisotopic (exact) mass is 471 g/mol. The fraction of sp³-hybridized carbons (Fsp3) is 0.269. The SMILES string of the molecule is N#CCCn1cc(/C=C2/SC(=O)N(CN3CCN(c4ccccc4)CC3)C2=O)c2ccccc21. The minimum atomic E-state index is -0.241. The number of piperazine rings is 1. The third kappa shape index (κ3) is 4.45. The Morgan fingerprint density at radius 3 is 2.47 bits per heavy atom. The van der Waals surface area contributed by atoms with Gasteiger partial charge in [-0.05, 0) is 36.0 Å². The topological polar surface area (TPSA) is 72.6 Å². The van der Waals surface area contributed by atoms with E-state index < -0.39 is 0 Å². The van der Waals surface area contributed by atoms with Crippen molar-refractivity contribution < 1.29 is 9.59 Å². The molecule has 7 nitrogen and oxygen atoms in total. The molecule has 2 fully saturated rings. The number of hydrogen-bond acceptors (Lipinski definition) is 6. The number of imide groups is 1. The highest BCUT2D eigenvalue weighted by Gasteiger charge is 2.36. The molecule has 0 radical (unpaired) electrons. The third-order valence-corrected chi connectivity index (χ3v) is 7.19. The number of nitrogens with zero attached hydrogens (tertiary/aromatic N) is 5. The molecule has 8 heteroatoms. The summed E-state index contributed by atoms with van der Waals surface area (Å²) in [5.74, 6) is -0.241. The molecule has 1 aromatic heterocycles. The number of carbonyl (C=O) groups excluding carboxylic acids is 2. The van der Waals surface area contributed by atoms with E-state index in [0.29, 0.717) is 24.5 Å². The van der Waals surface area contributed by atoms with Gasteiger partial charge >= 0.3 is 0 Å². The average molecular weight is 472 g/mol. The zero-order valence-electron chi connectivity index (χ0n) is 18.8. The van der Waals surface area contributed by atoms with Crippen LogP contribution in [0.2, 0.25) is 0 Å². The molecule has 2 aliphatic heterocycles. The maximum atomic E-state index is 13.1. The summed E-state index contributed by atoms with van der Waals surface area (Å²) in [6, 6.07) is 20.4. The van der Waals surface area contributed by atoms with Gasteiger partial charge in [-0.3, -0.25) is 19.4 Å². The minimum Gasteiger partial charge on any atom is -0.369 e. The second-order valence-corrected chi connectivity index (χ2v) is 9.39. The first-order valence-electron chi connectivity index (χ1n) is 11.4. The summed E-state index contributed by atoms with van der Waals surface area (Å²) in [7, 11) is 0. The molecule has 0 aliphatic carbocycles. The van der Waals surface area contributed by atoms with E-state index in [1.165, 1.54) is 10.6 Å². The highest BCUT2D eigenvalue weighted by atomic mass is 32.2. The van der Waals surface area contributed by atoms with Crippen LogP contribution in [0.25, 0.3) is 17.0 Å². The van der Waals surface area contributed by atoms with Gasteiger partial charge in [-0.25, -0.2) is 0 Å². The summed E-state index contributed by atoms with van der Waals surface area (Å²) < 4.78 is 2.03. The van der Waals surface area contributed by atoms with Crippen LogP contribution in [0, 0.1) is 11.3 Å². The van der Waals surface area contributed by atoms with Crippen LogP contribution in [0.1, 0.15) is 12.0 Å². The Bertz CT molecular complexity index is 1290. The smallest absolute Gasteiger partial charge is 0.294 e. The molecule has 5 rings (SSSR count). The molecule has 2 amide bonds. The van der Waals surface area contributed by atoms with Gasteiger partial charge in [-0.1, -0.05) is 36.4 Å². The number of benzene rings is 2. The number of carbonyl (C=O) groups is 2. The van der Waals surface area contributed by atoms with Crippen LogP contribution in [-0.2, 0) is 11.3 Å². The third-order valence-electron chi connectivity index (χ3n) is 6.28. The quantitative estimate of drug-likeness (QED) is 0.497. The van der Waals surface area contributed by atoms with Gasteiger partial charge in [-0.2, -0.15) is 5.26 Å². The van der Waals surface area contributed by atoms with E-state index in [1.54, 1.807) is 0 Å². The van der Waals surface area contributed by atoms with Gasteiger partial charge in [0.1, 0.15) is 0 Å². The van der Waals surface area contributed by atoms with Crippen LogP contribution in [0.5, 0.6) is 0 Å². The van der Waals surface area contributed by atoms with Crippen LogP contribution in [0.15, 0.2) is 65.7 Å². The zero-order chi connectivity index (χ0) is 23.5. The van der Waals surface area contributed by atoms with E-state index in [2.05, 4.69) is 28.0 Å². The molecule has 0 saturated carbocycles. The van der Waals surface area contributed by atoms with Crippen molar-refractivity contribution in [3.63, 3.8) is 0 Å². The first kappa shape index (κ1) is 22.3. The zero-order valence-corrected chi connectivity index (χ0v) is 19.6. The van der Waals surface area contributed by atoms with Crippen molar-refractivity contribution >= 4 is 45.6 Å². The van der Waals surface area contributed by atoms with Crippen molar-refractivity contribution in [2.75, 3.05) is 37.7 Å². The number of para-hydroxylation sites is 2. The van der Waals surface area contributed by atoms with Crippen LogP contribution in [0.4, 0.5) is 10.5 Å². The average Bonchev–Trinajstić information content (AvgIpc) is 3.35. The molecule has 0 unspecified atom stereocenters. The van der Waals surface area contributed by atoms with Crippen molar-refractivity contribution in [3.05, 3.63) is 71.3 Å². The number of amides is 2. The lowest BCUT2D eigenvalue weighted by Crippen LogP contribution is -2.50. The van der Waals surface area contributed by atoms with Crippen molar-refractivity contribution in [2.24, 2.45) is 0 Å². The van der Waals surface area contributed by atoms with Gasteiger partial charge in [0.25, 0.3) is 11.1 Å². The summed E-state index contributed by atoms with van der Waals surface area (Å²) in [5.41, 5.74) is 3.10. The predicted molar refractivity (Wildman–Crippen MR) is 135 cm³/mol. The summed E-state index contributed by atoms with van der Waals surface area (Å²) in [6.07, 6.45) is 4.18. The van der Waals surface area contributed by atoms with Gasteiger partial charge in [0.05, 0.1) is 24.1 Å². The van der Waals surface area contributed by atoms with Crippen LogP contribution in [-0.4, -0.2) is 58.4 Å². The molecule has 0 N–H and O–H groups in total. The van der Waals surface area contributed by atoms with E-state index in [1.807, 2.05) is 59.3 Å². The standard InChI is InChI=1S/C26H25N5O2S/c27-11-6-12-30-18-20(22-9-4-5-10-23(22)30)17-24-25(32)31(26(33)34-24)19-28-13-15-29(16-14-28)21-7-2-1-3-8-21/h1-5,7-10,17-18H,6,12-16,19H2/b24-17+.